The molecule has 0 aliphatic heterocycles. The minimum atomic E-state index is 0.300. The Kier molecular flexibility index (Phi) is 5.43. The Morgan fingerprint density at radius 1 is 1.53 bits per heavy atom. The van der Waals surface area contributed by atoms with Crippen molar-refractivity contribution in [2.24, 2.45) is 0 Å². The molecule has 0 aromatic heterocycles. The fraction of sp³-hybridized carbons (Fsp3) is 0.455. The first kappa shape index (κ1) is 12.8. The van der Waals surface area contributed by atoms with E-state index in [2.05, 4.69) is 28.2 Å². The molecule has 1 aromatic rings. The van der Waals surface area contributed by atoms with E-state index >= 15 is 0 Å². The Hall–Kier alpha value is -0.250. The monoisotopic (exact) mass is 291 g/mol. The highest BCUT2D eigenvalue weighted by molar-refractivity contribution is 9.10. The van der Waals surface area contributed by atoms with Crippen LogP contribution >= 0.6 is 27.5 Å². The maximum Gasteiger partial charge on any atom is 0.0663 e. The largest absolute Gasteiger partial charge is 0.383 e. The summed E-state index contributed by atoms with van der Waals surface area (Å²) in [7, 11) is 1.70. The molecule has 15 heavy (non-hydrogen) atoms. The fourth-order valence-corrected chi connectivity index (χ4v) is 2.02. The molecule has 4 heteroatoms. The number of anilines is 1. The van der Waals surface area contributed by atoms with Crippen LogP contribution in [0.5, 0.6) is 0 Å². The summed E-state index contributed by atoms with van der Waals surface area (Å²) in [6, 6.07) is 6.11. The molecule has 0 fully saturated rings. The summed E-state index contributed by atoms with van der Waals surface area (Å²) in [5.74, 6) is 0. The zero-order chi connectivity index (χ0) is 11.3. The van der Waals surface area contributed by atoms with Crippen molar-refractivity contribution in [1.82, 2.24) is 0 Å². The molecule has 0 aliphatic rings. The zero-order valence-corrected chi connectivity index (χ0v) is 11.2. The van der Waals surface area contributed by atoms with E-state index in [-0.39, 0.29) is 0 Å². The smallest absolute Gasteiger partial charge is 0.0663 e. The number of hydrogen-bond acceptors (Lipinski definition) is 2. The van der Waals surface area contributed by atoms with Crippen LogP contribution in [-0.4, -0.2) is 19.8 Å². The molecule has 2 nitrogen and oxygen atoms in total. The first-order chi connectivity index (χ1) is 7.17. The standard InChI is InChI=1S/C11H15BrClNO/c1-3-9(7-15-2)14-11-5-4-8(12)6-10(11)13/h4-6,9,14H,3,7H2,1-2H3. The van der Waals surface area contributed by atoms with Gasteiger partial charge in [0.15, 0.2) is 0 Å². The molecular formula is C11H15BrClNO. The molecule has 84 valence electrons. The van der Waals surface area contributed by atoms with Gasteiger partial charge in [-0.15, -0.1) is 0 Å². The summed E-state index contributed by atoms with van der Waals surface area (Å²) in [5, 5.41) is 4.07. The summed E-state index contributed by atoms with van der Waals surface area (Å²) in [6.45, 7) is 2.80. The second-order valence-corrected chi connectivity index (χ2v) is 4.65. The van der Waals surface area contributed by atoms with Crippen molar-refractivity contribution in [3.63, 3.8) is 0 Å². The molecule has 0 amide bonds. The summed E-state index contributed by atoms with van der Waals surface area (Å²) in [6.07, 6.45) is 1.00. The van der Waals surface area contributed by atoms with E-state index in [1.54, 1.807) is 7.11 Å². The molecule has 1 aromatic carbocycles. The lowest BCUT2D eigenvalue weighted by Gasteiger charge is -2.18. The minimum Gasteiger partial charge on any atom is -0.383 e. The Labute approximate surface area is 104 Å². The molecule has 1 N–H and O–H groups in total. The van der Waals surface area contributed by atoms with Crippen LogP contribution < -0.4 is 5.32 Å². The van der Waals surface area contributed by atoms with E-state index in [1.165, 1.54) is 0 Å². The molecule has 0 saturated heterocycles. The van der Waals surface area contributed by atoms with Crippen LogP contribution in [-0.2, 0) is 4.74 Å². The van der Waals surface area contributed by atoms with E-state index in [9.17, 15) is 0 Å². The van der Waals surface area contributed by atoms with Crippen LogP contribution in [0.25, 0.3) is 0 Å². The van der Waals surface area contributed by atoms with E-state index in [1.807, 2.05) is 18.2 Å². The Morgan fingerprint density at radius 3 is 2.80 bits per heavy atom. The van der Waals surface area contributed by atoms with Gasteiger partial charge in [0.05, 0.1) is 17.3 Å². The average Bonchev–Trinajstić information content (AvgIpc) is 2.21. The Bertz CT molecular complexity index is 319. The van der Waals surface area contributed by atoms with Gasteiger partial charge in [0.2, 0.25) is 0 Å². The third kappa shape index (κ3) is 4.01. The summed E-state index contributed by atoms with van der Waals surface area (Å²) >= 11 is 9.47. The number of halogens is 2. The van der Waals surface area contributed by atoms with Gasteiger partial charge in [0, 0.05) is 17.6 Å². The lowest BCUT2D eigenvalue weighted by molar-refractivity contribution is 0.184. The van der Waals surface area contributed by atoms with Crippen LogP contribution in [0.1, 0.15) is 13.3 Å². The van der Waals surface area contributed by atoms with Gasteiger partial charge >= 0.3 is 0 Å². The minimum absolute atomic E-state index is 0.300. The first-order valence-electron chi connectivity index (χ1n) is 4.88. The number of hydrogen-bond donors (Lipinski definition) is 1. The van der Waals surface area contributed by atoms with Crippen LogP contribution in [0.15, 0.2) is 22.7 Å². The topological polar surface area (TPSA) is 21.3 Å². The lowest BCUT2D eigenvalue weighted by atomic mass is 10.2. The summed E-state index contributed by atoms with van der Waals surface area (Å²) in [5.41, 5.74) is 0.948. The van der Waals surface area contributed by atoms with E-state index in [4.69, 9.17) is 16.3 Å². The number of benzene rings is 1. The molecule has 0 heterocycles. The third-order valence-electron chi connectivity index (χ3n) is 2.15. The van der Waals surface area contributed by atoms with Gasteiger partial charge in [-0.05, 0) is 24.6 Å². The average molecular weight is 293 g/mol. The molecule has 1 atom stereocenters. The number of methoxy groups -OCH3 is 1. The fourth-order valence-electron chi connectivity index (χ4n) is 1.29. The van der Waals surface area contributed by atoms with Crippen molar-refractivity contribution in [3.8, 4) is 0 Å². The van der Waals surface area contributed by atoms with Gasteiger partial charge in [-0.1, -0.05) is 34.5 Å². The predicted octanol–water partition coefficient (Wildman–Crippen LogP) is 3.94. The maximum absolute atomic E-state index is 6.10. The van der Waals surface area contributed by atoms with Crippen molar-refractivity contribution in [1.29, 1.82) is 0 Å². The van der Waals surface area contributed by atoms with Gasteiger partial charge in [0.1, 0.15) is 0 Å². The van der Waals surface area contributed by atoms with Gasteiger partial charge < -0.3 is 10.1 Å². The van der Waals surface area contributed by atoms with E-state index in [0.717, 1.165) is 21.6 Å². The van der Waals surface area contributed by atoms with Crippen molar-refractivity contribution < 1.29 is 4.74 Å². The molecule has 1 rings (SSSR count). The lowest BCUT2D eigenvalue weighted by Crippen LogP contribution is -2.23. The Balaban J connectivity index is 2.70. The van der Waals surface area contributed by atoms with Crippen molar-refractivity contribution in [2.75, 3.05) is 19.0 Å². The summed E-state index contributed by atoms with van der Waals surface area (Å²) < 4.78 is 6.10. The third-order valence-corrected chi connectivity index (χ3v) is 2.96. The van der Waals surface area contributed by atoms with Gasteiger partial charge in [-0.25, -0.2) is 0 Å². The van der Waals surface area contributed by atoms with Gasteiger partial charge in [-0.2, -0.15) is 0 Å². The highest BCUT2D eigenvalue weighted by atomic mass is 79.9. The molecule has 0 saturated carbocycles. The van der Waals surface area contributed by atoms with Gasteiger partial charge in [-0.3, -0.25) is 0 Å². The normalized spacial score (nSPS) is 12.5. The van der Waals surface area contributed by atoms with Crippen molar-refractivity contribution in [2.45, 2.75) is 19.4 Å². The predicted molar refractivity (Wildman–Crippen MR) is 68.7 cm³/mol. The second kappa shape index (κ2) is 6.36. The highest BCUT2D eigenvalue weighted by Crippen LogP contribution is 2.26. The van der Waals surface area contributed by atoms with E-state index in [0.29, 0.717) is 12.6 Å². The molecule has 0 aliphatic carbocycles. The van der Waals surface area contributed by atoms with Crippen LogP contribution in [0, 0.1) is 0 Å². The first-order valence-corrected chi connectivity index (χ1v) is 6.05. The SMILES string of the molecule is CCC(COC)Nc1ccc(Br)cc1Cl. The van der Waals surface area contributed by atoms with Crippen molar-refractivity contribution >= 4 is 33.2 Å². The summed E-state index contributed by atoms with van der Waals surface area (Å²) in [4.78, 5) is 0. The zero-order valence-electron chi connectivity index (χ0n) is 8.89. The molecule has 0 radical (unpaired) electrons. The quantitative estimate of drug-likeness (QED) is 0.887. The van der Waals surface area contributed by atoms with Crippen molar-refractivity contribution in [3.05, 3.63) is 27.7 Å². The van der Waals surface area contributed by atoms with Crippen LogP contribution in [0.2, 0.25) is 5.02 Å². The second-order valence-electron chi connectivity index (χ2n) is 3.33. The number of rotatable bonds is 5. The molecular weight excluding hydrogens is 277 g/mol. The Morgan fingerprint density at radius 2 is 2.27 bits per heavy atom. The molecule has 0 spiro atoms. The molecule has 0 bridgehead atoms. The molecule has 1 unspecified atom stereocenters. The number of nitrogens with one attached hydrogen (secondary N) is 1. The van der Waals surface area contributed by atoms with Crippen LogP contribution in [0.4, 0.5) is 5.69 Å². The van der Waals surface area contributed by atoms with E-state index < -0.39 is 0 Å². The maximum atomic E-state index is 6.10. The van der Waals surface area contributed by atoms with Crippen LogP contribution in [0.3, 0.4) is 0 Å². The number of ether oxygens (including phenoxy) is 1. The van der Waals surface area contributed by atoms with Gasteiger partial charge in [0.25, 0.3) is 0 Å². The highest BCUT2D eigenvalue weighted by Gasteiger charge is 2.07.